The number of hydrogen-bond acceptors (Lipinski definition) is 4. The maximum atomic E-state index is 11.8. The minimum Gasteiger partial charge on any atom is -0.450 e. The number of carbonyl (C=O) groups is 1. The van der Waals surface area contributed by atoms with Gasteiger partial charge in [0.1, 0.15) is 0 Å². The number of amides is 1. The first kappa shape index (κ1) is 16.6. The van der Waals surface area contributed by atoms with Crippen LogP contribution in [0.2, 0.25) is 0 Å². The van der Waals surface area contributed by atoms with Gasteiger partial charge in [-0.05, 0) is 72.0 Å². The zero-order valence-electron chi connectivity index (χ0n) is 15.4. The summed E-state index contributed by atoms with van der Waals surface area (Å²) in [6, 6.07) is 2.45. The molecule has 4 rings (SSSR count). The first-order valence-electron chi connectivity index (χ1n) is 9.98. The van der Waals surface area contributed by atoms with Gasteiger partial charge in [-0.3, -0.25) is 0 Å². The standard InChI is InChI=1S/C19H33N3O2/c1-3-24-18(23)22-13-19(14-22)9-6-17(12-19)21-10-7-16(8-11-21)20(2)15-4-5-15/h15-17H,3-14H2,1-2H3. The quantitative estimate of drug-likeness (QED) is 0.791. The van der Waals surface area contributed by atoms with Crippen molar-refractivity contribution in [2.45, 2.75) is 70.0 Å². The molecule has 136 valence electrons. The van der Waals surface area contributed by atoms with Crippen molar-refractivity contribution in [1.82, 2.24) is 14.7 Å². The fraction of sp³-hybridized carbons (Fsp3) is 0.947. The van der Waals surface area contributed by atoms with Gasteiger partial charge in [0, 0.05) is 36.6 Å². The highest BCUT2D eigenvalue weighted by atomic mass is 16.6. The van der Waals surface area contributed by atoms with E-state index in [2.05, 4.69) is 16.8 Å². The Balaban J connectivity index is 1.23. The van der Waals surface area contributed by atoms with Crippen LogP contribution < -0.4 is 0 Å². The lowest BCUT2D eigenvalue weighted by Gasteiger charge is -2.48. The maximum absolute atomic E-state index is 11.8. The summed E-state index contributed by atoms with van der Waals surface area (Å²) in [4.78, 5) is 19.1. The molecule has 4 fully saturated rings. The lowest BCUT2D eigenvalue weighted by molar-refractivity contribution is -0.00459. The summed E-state index contributed by atoms with van der Waals surface area (Å²) < 4.78 is 5.12. The predicted octanol–water partition coefficient (Wildman–Crippen LogP) is 2.56. The Morgan fingerprint density at radius 2 is 1.79 bits per heavy atom. The van der Waals surface area contributed by atoms with Gasteiger partial charge in [-0.1, -0.05) is 0 Å². The molecule has 0 N–H and O–H groups in total. The molecule has 2 saturated heterocycles. The molecule has 0 aromatic carbocycles. The van der Waals surface area contributed by atoms with Crippen molar-refractivity contribution in [3.05, 3.63) is 0 Å². The van der Waals surface area contributed by atoms with Crippen molar-refractivity contribution in [2.75, 3.05) is 39.8 Å². The fourth-order valence-corrected chi connectivity index (χ4v) is 5.32. The van der Waals surface area contributed by atoms with E-state index in [0.29, 0.717) is 12.0 Å². The second-order valence-electron chi connectivity index (χ2n) is 8.62. The van der Waals surface area contributed by atoms with Gasteiger partial charge in [-0.2, -0.15) is 0 Å². The van der Waals surface area contributed by atoms with Crippen LogP contribution in [0.25, 0.3) is 0 Å². The molecule has 2 aliphatic carbocycles. The van der Waals surface area contributed by atoms with Crippen LogP contribution in [0.4, 0.5) is 4.79 Å². The number of ether oxygens (including phenoxy) is 1. The molecule has 0 aromatic heterocycles. The third kappa shape index (κ3) is 3.17. The molecular formula is C19H33N3O2. The summed E-state index contributed by atoms with van der Waals surface area (Å²) in [6.07, 6.45) is 9.28. The molecule has 1 amide bonds. The van der Waals surface area contributed by atoms with Gasteiger partial charge in [-0.25, -0.2) is 4.79 Å². The topological polar surface area (TPSA) is 36.0 Å². The zero-order valence-corrected chi connectivity index (χ0v) is 15.4. The highest BCUT2D eigenvalue weighted by Gasteiger charge is 2.51. The van der Waals surface area contributed by atoms with E-state index in [4.69, 9.17) is 4.74 Å². The van der Waals surface area contributed by atoms with E-state index in [1.807, 2.05) is 11.8 Å². The largest absolute Gasteiger partial charge is 0.450 e. The fourth-order valence-electron chi connectivity index (χ4n) is 5.32. The predicted molar refractivity (Wildman–Crippen MR) is 94.0 cm³/mol. The highest BCUT2D eigenvalue weighted by Crippen LogP contribution is 2.47. The molecule has 2 heterocycles. The summed E-state index contributed by atoms with van der Waals surface area (Å²) in [5.74, 6) is 0. The molecule has 2 aliphatic heterocycles. The molecule has 1 spiro atoms. The van der Waals surface area contributed by atoms with Crippen LogP contribution in [0.15, 0.2) is 0 Å². The van der Waals surface area contributed by atoms with Crippen molar-refractivity contribution in [3.63, 3.8) is 0 Å². The van der Waals surface area contributed by atoms with Crippen LogP contribution >= 0.6 is 0 Å². The van der Waals surface area contributed by atoms with E-state index in [1.165, 1.54) is 58.0 Å². The molecular weight excluding hydrogens is 302 g/mol. The van der Waals surface area contributed by atoms with Gasteiger partial charge in [-0.15, -0.1) is 0 Å². The molecule has 2 saturated carbocycles. The summed E-state index contributed by atoms with van der Waals surface area (Å²) in [5.41, 5.74) is 0.402. The summed E-state index contributed by atoms with van der Waals surface area (Å²) in [6.45, 7) is 6.74. The van der Waals surface area contributed by atoms with Crippen molar-refractivity contribution in [1.29, 1.82) is 0 Å². The molecule has 0 radical (unpaired) electrons. The molecule has 24 heavy (non-hydrogen) atoms. The molecule has 5 nitrogen and oxygen atoms in total. The lowest BCUT2D eigenvalue weighted by Crippen LogP contribution is -2.58. The van der Waals surface area contributed by atoms with Crippen molar-refractivity contribution < 1.29 is 9.53 Å². The van der Waals surface area contributed by atoms with Crippen LogP contribution in [0, 0.1) is 5.41 Å². The Hall–Kier alpha value is -0.810. The third-order valence-corrected chi connectivity index (χ3v) is 6.97. The SMILES string of the molecule is CCOC(=O)N1CC2(CCC(N3CCC(N(C)C4CC4)CC3)C2)C1. The van der Waals surface area contributed by atoms with Gasteiger partial charge in [0.2, 0.25) is 0 Å². The molecule has 0 bridgehead atoms. The van der Waals surface area contributed by atoms with E-state index in [0.717, 1.165) is 31.2 Å². The average molecular weight is 335 g/mol. The van der Waals surface area contributed by atoms with Crippen molar-refractivity contribution >= 4 is 6.09 Å². The van der Waals surface area contributed by atoms with Crippen LogP contribution in [0.5, 0.6) is 0 Å². The minimum atomic E-state index is -0.115. The van der Waals surface area contributed by atoms with E-state index >= 15 is 0 Å². The number of rotatable bonds is 4. The lowest BCUT2D eigenvalue weighted by atomic mass is 9.78. The molecule has 5 heteroatoms. The Kier molecular flexibility index (Phi) is 4.50. The number of nitrogens with zero attached hydrogens (tertiary/aromatic N) is 3. The monoisotopic (exact) mass is 335 g/mol. The Labute approximate surface area is 146 Å². The van der Waals surface area contributed by atoms with Crippen LogP contribution in [0.1, 0.15) is 51.9 Å². The number of hydrogen-bond donors (Lipinski definition) is 0. The first-order valence-corrected chi connectivity index (χ1v) is 9.98. The summed E-state index contributed by atoms with van der Waals surface area (Å²) >= 11 is 0. The third-order valence-electron chi connectivity index (χ3n) is 6.97. The van der Waals surface area contributed by atoms with E-state index in [9.17, 15) is 4.79 Å². The smallest absolute Gasteiger partial charge is 0.409 e. The van der Waals surface area contributed by atoms with Gasteiger partial charge >= 0.3 is 6.09 Å². The van der Waals surface area contributed by atoms with Crippen LogP contribution in [0.3, 0.4) is 0 Å². The second-order valence-corrected chi connectivity index (χ2v) is 8.62. The summed E-state index contributed by atoms with van der Waals surface area (Å²) in [5, 5.41) is 0. The zero-order chi connectivity index (χ0) is 16.7. The molecule has 1 atom stereocenters. The molecule has 4 aliphatic rings. The Bertz CT molecular complexity index is 465. The maximum Gasteiger partial charge on any atom is 0.409 e. The van der Waals surface area contributed by atoms with Gasteiger partial charge < -0.3 is 19.4 Å². The summed E-state index contributed by atoms with van der Waals surface area (Å²) in [7, 11) is 2.33. The Morgan fingerprint density at radius 3 is 2.42 bits per heavy atom. The minimum absolute atomic E-state index is 0.115. The van der Waals surface area contributed by atoms with Crippen LogP contribution in [-0.4, -0.2) is 78.8 Å². The number of likely N-dealkylation sites (tertiary alicyclic amines) is 2. The van der Waals surface area contributed by atoms with Gasteiger partial charge in [0.25, 0.3) is 0 Å². The van der Waals surface area contributed by atoms with Crippen molar-refractivity contribution in [3.8, 4) is 0 Å². The van der Waals surface area contributed by atoms with E-state index in [1.54, 1.807) is 0 Å². The van der Waals surface area contributed by atoms with E-state index in [-0.39, 0.29) is 6.09 Å². The normalized spacial score (nSPS) is 30.8. The van der Waals surface area contributed by atoms with Crippen molar-refractivity contribution in [2.24, 2.45) is 5.41 Å². The molecule has 1 unspecified atom stereocenters. The molecule has 0 aromatic rings. The first-order chi connectivity index (χ1) is 11.6. The Morgan fingerprint density at radius 1 is 1.12 bits per heavy atom. The van der Waals surface area contributed by atoms with Crippen LogP contribution in [-0.2, 0) is 4.74 Å². The second kappa shape index (κ2) is 6.49. The van der Waals surface area contributed by atoms with E-state index < -0.39 is 0 Å². The van der Waals surface area contributed by atoms with Gasteiger partial charge in [0.15, 0.2) is 0 Å². The number of piperidine rings is 1. The average Bonchev–Trinajstić information content (AvgIpc) is 3.31. The highest BCUT2D eigenvalue weighted by molar-refractivity contribution is 5.69. The number of carbonyl (C=O) groups excluding carboxylic acids is 1. The van der Waals surface area contributed by atoms with Gasteiger partial charge in [0.05, 0.1) is 6.61 Å².